The number of carbonyl (C=O) groups excluding carboxylic acids is 1. The van der Waals surface area contributed by atoms with Gasteiger partial charge in [0.2, 0.25) is 0 Å². The van der Waals surface area contributed by atoms with Crippen LogP contribution in [0.3, 0.4) is 0 Å². The topological polar surface area (TPSA) is 125 Å². The average molecular weight is 373 g/mol. The van der Waals surface area contributed by atoms with Gasteiger partial charge in [0.05, 0.1) is 28.4 Å². The molecule has 0 aliphatic carbocycles. The summed E-state index contributed by atoms with van der Waals surface area (Å²) in [5.74, 6) is -0.986. The van der Waals surface area contributed by atoms with Gasteiger partial charge in [0, 0.05) is 12.6 Å². The Morgan fingerprint density at radius 3 is 2.41 bits per heavy atom. The van der Waals surface area contributed by atoms with Gasteiger partial charge in [0.25, 0.3) is 11.4 Å². The molecular weight excluding hydrogens is 354 g/mol. The maximum atomic E-state index is 12.2. The summed E-state index contributed by atoms with van der Waals surface area (Å²) in [4.78, 5) is 32.9. The lowest BCUT2D eigenvalue weighted by Gasteiger charge is -2.17. The summed E-state index contributed by atoms with van der Waals surface area (Å²) < 4.78 is 5.09. The molecule has 0 unspecified atom stereocenters. The van der Waals surface area contributed by atoms with E-state index in [4.69, 9.17) is 4.74 Å². The van der Waals surface area contributed by atoms with Crippen molar-refractivity contribution < 1.29 is 19.4 Å². The second-order valence-electron chi connectivity index (χ2n) is 5.74. The smallest absolute Gasteiger partial charge is 0.311 e. The highest BCUT2D eigenvalue weighted by Gasteiger charge is 2.23. The van der Waals surface area contributed by atoms with Crippen LogP contribution < -0.4 is 5.32 Å². The van der Waals surface area contributed by atoms with E-state index in [2.05, 4.69) is 5.32 Å². The average Bonchev–Trinajstić information content (AvgIpc) is 2.65. The van der Waals surface area contributed by atoms with E-state index >= 15 is 0 Å². The Balaban J connectivity index is 2.19. The van der Waals surface area contributed by atoms with Crippen LogP contribution in [0.4, 0.5) is 17.1 Å². The highest BCUT2D eigenvalue weighted by atomic mass is 16.6. The fraction of sp³-hybridized carbons (Fsp3) is 0.278. The maximum Gasteiger partial charge on any atom is 0.311 e. The molecule has 0 fully saturated rings. The minimum absolute atomic E-state index is 0.0897. The third kappa shape index (κ3) is 5.50. The number of hydrogen-bond acceptors (Lipinski definition) is 7. The van der Waals surface area contributed by atoms with Gasteiger partial charge in [0.1, 0.15) is 5.69 Å². The molecule has 0 radical (unpaired) electrons. The highest BCUT2D eigenvalue weighted by molar-refractivity contribution is 5.74. The van der Waals surface area contributed by atoms with Gasteiger partial charge in [-0.15, -0.1) is 0 Å². The van der Waals surface area contributed by atoms with Crippen molar-refractivity contribution in [3.8, 4) is 0 Å². The molecule has 0 bridgehead atoms. The highest BCUT2D eigenvalue weighted by Crippen LogP contribution is 2.29. The number of nitro benzene ring substituents is 2. The largest absolute Gasteiger partial charge is 0.466 e. The molecule has 1 N–H and O–H groups in total. The molecule has 142 valence electrons. The summed E-state index contributed by atoms with van der Waals surface area (Å²) in [7, 11) is 0. The molecule has 9 heteroatoms. The first kappa shape index (κ1) is 19.8. The zero-order valence-corrected chi connectivity index (χ0v) is 14.7. The standard InChI is InChI=1S/C18H19N3O6/c1-2-27-18(22)14(10-13-6-4-3-5-7-13)12-19-16-9-8-15(20(23)24)11-17(16)21(25)26/h3-9,11,14,19H,2,10,12H2,1H3/t14-/m0/s1. The zero-order chi connectivity index (χ0) is 19.8. The number of anilines is 1. The van der Waals surface area contributed by atoms with Crippen molar-refractivity contribution in [2.24, 2.45) is 5.92 Å². The Morgan fingerprint density at radius 2 is 1.81 bits per heavy atom. The van der Waals surface area contributed by atoms with E-state index in [-0.39, 0.29) is 24.5 Å². The minimum Gasteiger partial charge on any atom is -0.466 e. The van der Waals surface area contributed by atoms with Crippen molar-refractivity contribution in [1.82, 2.24) is 0 Å². The lowest BCUT2D eigenvalue weighted by atomic mass is 9.99. The van der Waals surface area contributed by atoms with Crippen LogP contribution >= 0.6 is 0 Å². The molecule has 0 aliphatic heterocycles. The normalized spacial score (nSPS) is 11.4. The summed E-state index contributed by atoms with van der Waals surface area (Å²) in [5.41, 5.74) is 0.230. The Hall–Kier alpha value is -3.49. The second kappa shape index (κ2) is 9.27. The fourth-order valence-corrected chi connectivity index (χ4v) is 2.56. The van der Waals surface area contributed by atoms with Crippen molar-refractivity contribution in [3.05, 3.63) is 74.3 Å². The van der Waals surface area contributed by atoms with Crippen LogP contribution in [-0.2, 0) is 16.0 Å². The van der Waals surface area contributed by atoms with Gasteiger partial charge in [0.15, 0.2) is 0 Å². The van der Waals surface area contributed by atoms with E-state index < -0.39 is 27.4 Å². The van der Waals surface area contributed by atoms with Crippen LogP contribution in [-0.4, -0.2) is 29.0 Å². The molecule has 2 rings (SSSR count). The summed E-state index contributed by atoms with van der Waals surface area (Å²) in [5, 5.41) is 24.9. The van der Waals surface area contributed by atoms with Crippen LogP contribution in [0.25, 0.3) is 0 Å². The SMILES string of the molecule is CCOC(=O)[C@H](CNc1ccc([N+](=O)[O-])cc1[N+](=O)[O-])Cc1ccccc1. The number of non-ortho nitro benzene ring substituents is 1. The van der Waals surface area contributed by atoms with Gasteiger partial charge < -0.3 is 10.1 Å². The molecule has 9 nitrogen and oxygen atoms in total. The van der Waals surface area contributed by atoms with Crippen LogP contribution in [0, 0.1) is 26.1 Å². The second-order valence-corrected chi connectivity index (χ2v) is 5.74. The number of nitro groups is 2. The van der Waals surface area contributed by atoms with Gasteiger partial charge in [-0.05, 0) is 25.0 Å². The molecule has 0 aromatic heterocycles. The summed E-state index contributed by atoms with van der Waals surface area (Å²) in [6, 6.07) is 12.6. The fourth-order valence-electron chi connectivity index (χ4n) is 2.56. The third-order valence-electron chi connectivity index (χ3n) is 3.87. The molecule has 0 saturated heterocycles. The van der Waals surface area contributed by atoms with Crippen molar-refractivity contribution >= 4 is 23.0 Å². The van der Waals surface area contributed by atoms with Crippen molar-refractivity contribution in [2.45, 2.75) is 13.3 Å². The first-order valence-corrected chi connectivity index (χ1v) is 8.29. The molecule has 0 heterocycles. The molecule has 2 aromatic rings. The maximum absolute atomic E-state index is 12.2. The van der Waals surface area contributed by atoms with Gasteiger partial charge in [-0.2, -0.15) is 0 Å². The molecule has 1 atom stereocenters. The summed E-state index contributed by atoms with van der Waals surface area (Å²) >= 11 is 0. The monoisotopic (exact) mass is 373 g/mol. The quantitative estimate of drug-likeness (QED) is 0.406. The molecule has 0 amide bonds. The Morgan fingerprint density at radius 1 is 1.11 bits per heavy atom. The first-order chi connectivity index (χ1) is 12.9. The van der Waals surface area contributed by atoms with E-state index in [9.17, 15) is 25.0 Å². The van der Waals surface area contributed by atoms with Crippen LogP contribution in [0.2, 0.25) is 0 Å². The number of nitrogens with one attached hydrogen (secondary N) is 1. The summed E-state index contributed by atoms with van der Waals surface area (Å²) in [6.07, 6.45) is 0.396. The van der Waals surface area contributed by atoms with Gasteiger partial charge in [-0.3, -0.25) is 25.0 Å². The third-order valence-corrected chi connectivity index (χ3v) is 3.87. The molecule has 0 spiro atoms. The van der Waals surface area contributed by atoms with Gasteiger partial charge in [-0.25, -0.2) is 0 Å². The number of carbonyl (C=O) groups is 1. The van der Waals surface area contributed by atoms with Crippen LogP contribution in [0.1, 0.15) is 12.5 Å². The molecule has 0 aliphatic rings. The van der Waals surface area contributed by atoms with Gasteiger partial charge >= 0.3 is 5.97 Å². The molecule has 0 saturated carbocycles. The van der Waals surface area contributed by atoms with E-state index in [0.717, 1.165) is 11.6 Å². The Labute approximate surface area is 155 Å². The lowest BCUT2D eigenvalue weighted by molar-refractivity contribution is -0.393. The molecule has 27 heavy (non-hydrogen) atoms. The predicted molar refractivity (Wildman–Crippen MR) is 98.5 cm³/mol. The predicted octanol–water partition coefficient (Wildman–Crippen LogP) is 3.34. The van der Waals surface area contributed by atoms with Crippen LogP contribution in [0.5, 0.6) is 0 Å². The zero-order valence-electron chi connectivity index (χ0n) is 14.7. The van der Waals surface area contributed by atoms with Crippen molar-refractivity contribution in [1.29, 1.82) is 0 Å². The number of esters is 1. The molecule has 2 aromatic carbocycles. The minimum atomic E-state index is -0.702. The Bertz CT molecular complexity index is 825. The van der Waals surface area contributed by atoms with E-state index in [0.29, 0.717) is 6.42 Å². The molecular formula is C18H19N3O6. The summed E-state index contributed by atoms with van der Waals surface area (Å²) in [6.45, 7) is 2.01. The number of ether oxygens (including phenoxy) is 1. The number of hydrogen-bond donors (Lipinski definition) is 1. The van der Waals surface area contributed by atoms with Crippen molar-refractivity contribution in [3.63, 3.8) is 0 Å². The van der Waals surface area contributed by atoms with E-state index in [1.165, 1.54) is 12.1 Å². The first-order valence-electron chi connectivity index (χ1n) is 8.29. The number of benzene rings is 2. The van der Waals surface area contributed by atoms with Crippen molar-refractivity contribution in [2.75, 3.05) is 18.5 Å². The van der Waals surface area contributed by atoms with E-state index in [1.54, 1.807) is 6.92 Å². The van der Waals surface area contributed by atoms with Gasteiger partial charge in [-0.1, -0.05) is 30.3 Å². The number of rotatable bonds is 9. The Kier molecular flexibility index (Phi) is 6.81. The van der Waals surface area contributed by atoms with Crippen LogP contribution in [0.15, 0.2) is 48.5 Å². The number of nitrogens with zero attached hydrogens (tertiary/aromatic N) is 2. The van der Waals surface area contributed by atoms with E-state index in [1.807, 2.05) is 30.3 Å². The lowest BCUT2D eigenvalue weighted by Crippen LogP contribution is -2.27.